The number of aromatic nitrogens is 3. The zero-order chi connectivity index (χ0) is 90.0. The Kier molecular flexibility index (Phi) is 22.9. The number of hydrogen-bond acceptors (Lipinski definition) is 3. The van der Waals surface area contributed by atoms with Gasteiger partial charge < -0.3 is 28.4 Å². The van der Waals surface area contributed by atoms with Crippen LogP contribution in [0.2, 0.25) is 0 Å². The maximum absolute atomic E-state index is 2.47. The molecule has 0 unspecified atom stereocenters. The van der Waals surface area contributed by atoms with Gasteiger partial charge in [0.05, 0.1) is 5.69 Å². The summed E-state index contributed by atoms with van der Waals surface area (Å²) in [5.74, 6) is 0. The van der Waals surface area contributed by atoms with Crippen molar-refractivity contribution in [2.45, 2.75) is 78.9 Å². The third-order valence-electron chi connectivity index (χ3n) is 25.3. The second-order valence-corrected chi connectivity index (χ2v) is 37.2. The molecule has 0 aliphatic carbocycles. The third-order valence-corrected chi connectivity index (χ3v) is 25.3. The Morgan fingerprint density at radius 3 is 0.735 bits per heavy atom. The van der Waals surface area contributed by atoms with Crippen molar-refractivity contribution >= 4 is 117 Å². The summed E-state index contributed by atoms with van der Waals surface area (Å²) >= 11 is 0. The normalized spacial score (nSPS) is 11.7. The molecule has 0 atom stereocenters. The fourth-order valence-electron chi connectivity index (χ4n) is 19.4. The quantitative estimate of drug-likeness (QED) is 0.0964. The minimum Gasteiger partial charge on any atom is -0.335 e. The average molecular weight is 1700 g/mol. The Labute approximate surface area is 775 Å². The second-order valence-electron chi connectivity index (χ2n) is 37.2. The van der Waals surface area contributed by atoms with E-state index in [-0.39, 0.29) is 16.6 Å². The lowest BCUT2D eigenvalue weighted by atomic mass is 9.97. The molecule has 6 heteroatoms. The van der Waals surface area contributed by atoms with Crippen LogP contribution < -0.4 is 14.7 Å². The number of rotatable bonds is 16. The van der Waals surface area contributed by atoms with E-state index in [1.165, 1.54) is 143 Å². The van der Waals surface area contributed by atoms with E-state index >= 15 is 0 Å². The van der Waals surface area contributed by atoms with Crippen molar-refractivity contribution in [3.05, 3.63) is 479 Å². The summed E-state index contributed by atoms with van der Waals surface area (Å²) in [7, 11) is 0. The first-order valence-electron chi connectivity index (χ1n) is 45.9. The number of para-hydroxylation sites is 7. The van der Waals surface area contributed by atoms with Gasteiger partial charge in [0.15, 0.2) is 0 Å². The van der Waals surface area contributed by atoms with Gasteiger partial charge in [0.2, 0.25) is 0 Å². The molecule has 132 heavy (non-hydrogen) atoms. The van der Waals surface area contributed by atoms with E-state index in [2.05, 4.69) is 570 Å². The topological polar surface area (TPSA) is 24.5 Å². The molecular formula is C126H106N6. The largest absolute Gasteiger partial charge is 0.335 e. The van der Waals surface area contributed by atoms with Gasteiger partial charge in [0.1, 0.15) is 0 Å². The van der Waals surface area contributed by atoms with Gasteiger partial charge in [-0.05, 0) is 298 Å². The molecule has 0 fully saturated rings. The van der Waals surface area contributed by atoms with Crippen LogP contribution in [0.4, 0.5) is 51.2 Å². The first-order chi connectivity index (χ1) is 64.4. The van der Waals surface area contributed by atoms with Gasteiger partial charge in [-0.25, -0.2) is 0 Å². The van der Waals surface area contributed by atoms with Crippen molar-refractivity contribution in [3.8, 4) is 77.9 Å². The predicted molar refractivity (Wildman–Crippen MR) is 565 cm³/mol. The van der Waals surface area contributed by atoms with E-state index in [1.807, 2.05) is 0 Å². The third kappa shape index (κ3) is 16.9. The van der Waals surface area contributed by atoms with E-state index in [0.29, 0.717) is 0 Å². The molecule has 0 N–H and O–H groups in total. The predicted octanol–water partition coefficient (Wildman–Crippen LogP) is 35.7. The highest BCUT2D eigenvalue weighted by atomic mass is 15.2. The first kappa shape index (κ1) is 84.2. The fraction of sp³-hybridized carbons (Fsp3) is 0.0952. The molecule has 0 aliphatic heterocycles. The summed E-state index contributed by atoms with van der Waals surface area (Å²) in [4.78, 5) is 7.02. The summed E-state index contributed by atoms with van der Waals surface area (Å²) in [5.41, 5.74) is 34.7. The summed E-state index contributed by atoms with van der Waals surface area (Å²) < 4.78 is 7.40. The van der Waals surface area contributed by atoms with Crippen molar-refractivity contribution in [2.24, 2.45) is 0 Å². The van der Waals surface area contributed by atoms with Crippen molar-refractivity contribution in [3.63, 3.8) is 0 Å². The number of fused-ring (bicyclic) bond motifs is 9. The van der Waals surface area contributed by atoms with Crippen LogP contribution in [-0.4, -0.2) is 13.7 Å². The van der Waals surface area contributed by atoms with Gasteiger partial charge in [-0.1, -0.05) is 315 Å². The Morgan fingerprint density at radius 2 is 0.364 bits per heavy atom. The average Bonchev–Trinajstić information content (AvgIpc) is 1.58. The lowest BCUT2D eigenvalue weighted by Gasteiger charge is -2.28. The molecule has 0 bridgehead atoms. The second kappa shape index (κ2) is 35.9. The highest BCUT2D eigenvalue weighted by molar-refractivity contribution is 6.12. The molecule has 3 aromatic heterocycles. The standard InChI is InChI=1S/C46H38N2.2C40H34N2/c1-46(2,3)48-44-20-11-10-19-42(44)43-32-38(25-30-45(43)48)37-16-12-15-36(31-37)35-23-28-41(29-24-35)47(39-17-8-5-9-18-39)40-26-21-34(22-27-40)33-13-6-4-7-14-33;1-40(2,3)42-38-21-13-11-19-35(38)36-28-31(24-27-39(36)42)34-18-10-12-20-37(34)41(32-16-8-5-9-17-32)33-25-22-30(23-26-33)29-14-6-4-7-15-29;1-40(2,3)42-38-20-11-10-19-36(38)37-28-32(23-26-39(37)42)31-15-12-18-35(27-31)41(33-16-8-5-9-17-33)34-24-21-30(22-25-34)29-13-6-4-7-14-29/h4-32H,1-3H3;2*4-28H,1-3H3. The van der Waals surface area contributed by atoms with Crippen LogP contribution >= 0.6 is 0 Å². The Hall–Kier alpha value is -16.0. The van der Waals surface area contributed by atoms with E-state index < -0.39 is 0 Å². The highest BCUT2D eigenvalue weighted by Gasteiger charge is 2.27. The number of benzene rings is 19. The number of nitrogens with zero attached hydrogens (tertiary/aromatic N) is 6. The van der Waals surface area contributed by atoms with Crippen molar-refractivity contribution in [1.82, 2.24) is 13.7 Å². The molecular weight excluding hydrogens is 1600 g/mol. The van der Waals surface area contributed by atoms with Gasteiger partial charge in [-0.3, -0.25) is 0 Å². The van der Waals surface area contributed by atoms with E-state index in [4.69, 9.17) is 0 Å². The van der Waals surface area contributed by atoms with Gasteiger partial charge in [-0.15, -0.1) is 0 Å². The van der Waals surface area contributed by atoms with Crippen LogP contribution in [0.5, 0.6) is 0 Å². The lowest BCUT2D eigenvalue weighted by Crippen LogP contribution is -2.21. The van der Waals surface area contributed by atoms with Crippen LogP contribution in [-0.2, 0) is 16.6 Å². The molecule has 0 spiro atoms. The smallest absolute Gasteiger partial charge is 0.0540 e. The van der Waals surface area contributed by atoms with Crippen molar-refractivity contribution < 1.29 is 0 Å². The summed E-state index contributed by atoms with van der Waals surface area (Å²) in [6.07, 6.45) is 0. The minimum absolute atomic E-state index is 0.0172. The molecule has 0 saturated heterocycles. The van der Waals surface area contributed by atoms with Crippen LogP contribution in [0, 0.1) is 0 Å². The summed E-state index contributed by atoms with van der Waals surface area (Å²) in [6, 6.07) is 173. The monoisotopic (exact) mass is 1700 g/mol. The van der Waals surface area contributed by atoms with Crippen LogP contribution in [0.3, 0.4) is 0 Å². The maximum Gasteiger partial charge on any atom is 0.0540 e. The summed E-state index contributed by atoms with van der Waals surface area (Å²) in [5, 5.41) is 7.76. The van der Waals surface area contributed by atoms with E-state index in [9.17, 15) is 0 Å². The van der Waals surface area contributed by atoms with Crippen LogP contribution in [0.1, 0.15) is 62.3 Å². The molecule has 0 saturated carbocycles. The minimum atomic E-state index is -0.0310. The molecule has 0 aliphatic rings. The van der Waals surface area contributed by atoms with Gasteiger partial charge in [0.25, 0.3) is 0 Å². The van der Waals surface area contributed by atoms with Crippen LogP contribution in [0.15, 0.2) is 479 Å². The number of anilines is 9. The molecule has 640 valence electrons. The Bertz CT molecular complexity index is 7810. The molecule has 22 aromatic rings. The van der Waals surface area contributed by atoms with Crippen molar-refractivity contribution in [2.75, 3.05) is 14.7 Å². The van der Waals surface area contributed by atoms with E-state index in [0.717, 1.165) is 51.2 Å². The van der Waals surface area contributed by atoms with E-state index in [1.54, 1.807) is 0 Å². The fourth-order valence-corrected chi connectivity index (χ4v) is 19.4. The molecule has 22 rings (SSSR count). The Morgan fingerprint density at radius 1 is 0.144 bits per heavy atom. The molecule has 0 amide bonds. The van der Waals surface area contributed by atoms with Gasteiger partial charge in [-0.2, -0.15) is 0 Å². The zero-order valence-corrected chi connectivity index (χ0v) is 76.3. The van der Waals surface area contributed by atoms with Crippen LogP contribution in [0.25, 0.3) is 143 Å². The molecule has 6 nitrogen and oxygen atoms in total. The SMILES string of the molecule is CC(C)(C)n1c2ccccc2c2cc(-c3cccc(-c4ccc(N(c5ccccc5)c5ccc(-c6ccccc6)cc5)cc4)c3)ccc21.CC(C)(C)n1c2ccccc2c2cc(-c3cccc(N(c4ccccc4)c4ccc(-c5ccccc5)cc4)c3)ccc21.CC(C)(C)n1c2ccccc2c2cc(-c3ccccc3N(c3ccccc3)c3ccc(-c4ccccc4)cc3)ccc21. The van der Waals surface area contributed by atoms with Gasteiger partial charge >= 0.3 is 0 Å². The number of hydrogen-bond donors (Lipinski definition) is 0. The van der Waals surface area contributed by atoms with Crippen molar-refractivity contribution in [1.29, 1.82) is 0 Å². The lowest BCUT2D eigenvalue weighted by molar-refractivity contribution is 0.423. The molecule has 3 heterocycles. The highest BCUT2D eigenvalue weighted by Crippen LogP contribution is 2.47. The molecule has 19 aromatic carbocycles. The molecule has 0 radical (unpaired) electrons. The maximum atomic E-state index is 2.47. The summed E-state index contributed by atoms with van der Waals surface area (Å²) in [6.45, 7) is 20.5. The van der Waals surface area contributed by atoms with Gasteiger partial charge in [0, 0.05) is 133 Å². The Balaban J connectivity index is 0.000000124. The zero-order valence-electron chi connectivity index (χ0n) is 76.3. The first-order valence-corrected chi connectivity index (χ1v) is 45.9.